The van der Waals surface area contributed by atoms with Gasteiger partial charge in [0.25, 0.3) is 0 Å². The normalized spacial score (nSPS) is 9.36. The number of ether oxygens (including phenoxy) is 1. The Morgan fingerprint density at radius 2 is 2.36 bits per heavy atom. The van der Waals surface area contributed by atoms with Gasteiger partial charge in [-0.1, -0.05) is 0 Å². The van der Waals surface area contributed by atoms with Crippen molar-refractivity contribution in [2.24, 2.45) is 12.8 Å². The molecule has 0 radical (unpaired) electrons. The van der Waals surface area contributed by atoms with Gasteiger partial charge in [0.1, 0.15) is 0 Å². The van der Waals surface area contributed by atoms with Crippen molar-refractivity contribution in [2.75, 3.05) is 6.61 Å². The number of rotatable bonds is 3. The van der Waals surface area contributed by atoms with Crippen LogP contribution >= 0.6 is 12.4 Å². The van der Waals surface area contributed by atoms with E-state index in [0.29, 0.717) is 24.4 Å². The molecule has 6 heteroatoms. The van der Waals surface area contributed by atoms with E-state index in [1.165, 1.54) is 4.68 Å². The van der Waals surface area contributed by atoms with Crippen molar-refractivity contribution in [1.82, 2.24) is 9.78 Å². The van der Waals surface area contributed by atoms with E-state index in [1.807, 2.05) is 0 Å². The number of nitrogens with zero attached hydrogens (tertiary/aromatic N) is 2. The van der Waals surface area contributed by atoms with Crippen LogP contribution in [0.25, 0.3) is 0 Å². The van der Waals surface area contributed by atoms with Crippen molar-refractivity contribution in [3.05, 3.63) is 17.5 Å². The molecule has 0 atom stereocenters. The van der Waals surface area contributed by atoms with Crippen LogP contribution in [0.3, 0.4) is 0 Å². The third-order valence-corrected chi connectivity index (χ3v) is 1.70. The number of aromatic nitrogens is 2. The molecule has 1 aromatic heterocycles. The molecule has 2 N–H and O–H groups in total. The van der Waals surface area contributed by atoms with E-state index >= 15 is 0 Å². The minimum atomic E-state index is -0.372. The second-order valence-electron chi connectivity index (χ2n) is 2.57. The zero-order valence-corrected chi connectivity index (χ0v) is 9.00. The van der Waals surface area contributed by atoms with Crippen LogP contribution in [0.5, 0.6) is 0 Å². The largest absolute Gasteiger partial charge is 0.461 e. The molecule has 0 spiro atoms. The topological polar surface area (TPSA) is 70.1 Å². The zero-order valence-electron chi connectivity index (χ0n) is 8.19. The Balaban J connectivity index is 0.00000169. The summed E-state index contributed by atoms with van der Waals surface area (Å²) in [5.41, 5.74) is 6.58. The smallest absolute Gasteiger partial charge is 0.356 e. The van der Waals surface area contributed by atoms with Crippen LogP contribution in [0, 0.1) is 0 Å². The molecule has 1 rings (SSSR count). The van der Waals surface area contributed by atoms with E-state index in [2.05, 4.69) is 5.10 Å². The lowest BCUT2D eigenvalue weighted by atomic mass is 10.2. The number of esters is 1. The quantitative estimate of drug-likeness (QED) is 0.751. The Kier molecular flexibility index (Phi) is 5.19. The van der Waals surface area contributed by atoms with Gasteiger partial charge in [-0.25, -0.2) is 4.79 Å². The van der Waals surface area contributed by atoms with Gasteiger partial charge in [-0.05, 0) is 6.92 Å². The van der Waals surface area contributed by atoms with Gasteiger partial charge in [-0.3, -0.25) is 4.68 Å². The van der Waals surface area contributed by atoms with Gasteiger partial charge < -0.3 is 10.5 Å². The van der Waals surface area contributed by atoms with Crippen molar-refractivity contribution in [2.45, 2.75) is 13.5 Å². The number of aryl methyl sites for hydroxylation is 1. The SMILES string of the molecule is CCOC(=O)c1c(CN)cnn1C.Cl. The molecule has 5 nitrogen and oxygen atoms in total. The molecule has 1 heterocycles. The molecular weight excluding hydrogens is 206 g/mol. The average Bonchev–Trinajstić information content (AvgIpc) is 2.47. The van der Waals surface area contributed by atoms with E-state index < -0.39 is 0 Å². The number of halogens is 1. The highest BCUT2D eigenvalue weighted by Gasteiger charge is 2.16. The summed E-state index contributed by atoms with van der Waals surface area (Å²) in [5, 5.41) is 3.93. The van der Waals surface area contributed by atoms with E-state index in [4.69, 9.17) is 10.5 Å². The van der Waals surface area contributed by atoms with Crippen LogP contribution in [0.1, 0.15) is 23.0 Å². The number of hydrogen-bond acceptors (Lipinski definition) is 4. The number of hydrogen-bond donors (Lipinski definition) is 1. The third-order valence-electron chi connectivity index (χ3n) is 1.70. The fourth-order valence-electron chi connectivity index (χ4n) is 1.10. The van der Waals surface area contributed by atoms with Crippen molar-refractivity contribution >= 4 is 18.4 Å². The maximum absolute atomic E-state index is 11.4. The lowest BCUT2D eigenvalue weighted by Gasteiger charge is -2.03. The van der Waals surface area contributed by atoms with Crippen LogP contribution < -0.4 is 5.73 Å². The van der Waals surface area contributed by atoms with E-state index in [9.17, 15) is 4.79 Å². The summed E-state index contributed by atoms with van der Waals surface area (Å²) in [7, 11) is 1.69. The first-order chi connectivity index (χ1) is 6.20. The summed E-state index contributed by atoms with van der Waals surface area (Å²) in [6, 6.07) is 0. The summed E-state index contributed by atoms with van der Waals surface area (Å²) >= 11 is 0. The molecule has 0 amide bonds. The highest BCUT2D eigenvalue weighted by Crippen LogP contribution is 2.07. The van der Waals surface area contributed by atoms with E-state index in [0.717, 1.165) is 0 Å². The summed E-state index contributed by atoms with van der Waals surface area (Å²) in [4.78, 5) is 11.4. The van der Waals surface area contributed by atoms with Gasteiger partial charge in [0, 0.05) is 19.2 Å². The second-order valence-corrected chi connectivity index (χ2v) is 2.57. The van der Waals surface area contributed by atoms with Crippen LogP contribution in [0.4, 0.5) is 0 Å². The van der Waals surface area contributed by atoms with Gasteiger partial charge in [0.05, 0.1) is 12.8 Å². The van der Waals surface area contributed by atoms with Gasteiger partial charge in [0.15, 0.2) is 5.69 Å². The minimum Gasteiger partial charge on any atom is -0.461 e. The summed E-state index contributed by atoms with van der Waals surface area (Å²) in [6.45, 7) is 2.41. The Labute approximate surface area is 88.6 Å². The maximum Gasteiger partial charge on any atom is 0.356 e. The first-order valence-corrected chi connectivity index (χ1v) is 4.08. The summed E-state index contributed by atoms with van der Waals surface area (Å²) in [6.07, 6.45) is 1.58. The first-order valence-electron chi connectivity index (χ1n) is 4.08. The highest BCUT2D eigenvalue weighted by atomic mass is 35.5. The van der Waals surface area contributed by atoms with Gasteiger partial charge in [-0.2, -0.15) is 5.10 Å². The van der Waals surface area contributed by atoms with Gasteiger partial charge in [-0.15, -0.1) is 12.4 Å². The predicted molar refractivity (Wildman–Crippen MR) is 54.3 cm³/mol. The van der Waals surface area contributed by atoms with Crippen LogP contribution in [0.2, 0.25) is 0 Å². The summed E-state index contributed by atoms with van der Waals surface area (Å²) in [5.74, 6) is -0.372. The van der Waals surface area contributed by atoms with Gasteiger partial charge >= 0.3 is 5.97 Å². The molecule has 14 heavy (non-hydrogen) atoms. The predicted octanol–water partition coefficient (Wildman–Crippen LogP) is 0.477. The molecule has 0 bridgehead atoms. The van der Waals surface area contributed by atoms with Gasteiger partial charge in [0.2, 0.25) is 0 Å². The maximum atomic E-state index is 11.4. The van der Waals surface area contributed by atoms with Crippen molar-refractivity contribution < 1.29 is 9.53 Å². The Hall–Kier alpha value is -1.07. The van der Waals surface area contributed by atoms with Crippen LogP contribution in [0.15, 0.2) is 6.20 Å². The molecule has 0 unspecified atom stereocenters. The molecule has 80 valence electrons. The van der Waals surface area contributed by atoms with Crippen LogP contribution in [-0.2, 0) is 18.3 Å². The molecule has 1 aromatic rings. The Morgan fingerprint density at radius 1 is 1.71 bits per heavy atom. The number of carbonyl (C=O) groups is 1. The monoisotopic (exact) mass is 219 g/mol. The van der Waals surface area contributed by atoms with E-state index in [1.54, 1.807) is 20.2 Å². The molecule has 0 saturated heterocycles. The van der Waals surface area contributed by atoms with E-state index in [-0.39, 0.29) is 18.4 Å². The molecule has 0 fully saturated rings. The Morgan fingerprint density at radius 3 is 2.86 bits per heavy atom. The lowest BCUT2D eigenvalue weighted by Crippen LogP contribution is -2.14. The molecular formula is C8H14ClN3O2. The zero-order chi connectivity index (χ0) is 9.84. The van der Waals surface area contributed by atoms with Crippen molar-refractivity contribution in [3.63, 3.8) is 0 Å². The number of nitrogens with two attached hydrogens (primary N) is 1. The third kappa shape index (κ3) is 2.46. The standard InChI is InChI=1S/C8H13N3O2.ClH/c1-3-13-8(12)7-6(4-9)5-10-11(7)2;/h5H,3-4,9H2,1-2H3;1H. The average molecular weight is 220 g/mol. The molecule has 0 aromatic carbocycles. The minimum absolute atomic E-state index is 0. The molecule has 0 aliphatic heterocycles. The molecule has 0 aliphatic carbocycles. The fraction of sp³-hybridized carbons (Fsp3) is 0.500. The van der Waals surface area contributed by atoms with Crippen molar-refractivity contribution in [1.29, 1.82) is 0 Å². The lowest BCUT2D eigenvalue weighted by molar-refractivity contribution is 0.0512. The summed E-state index contributed by atoms with van der Waals surface area (Å²) < 4.78 is 6.33. The molecule has 0 saturated carbocycles. The second kappa shape index (κ2) is 5.62. The van der Waals surface area contributed by atoms with Crippen molar-refractivity contribution in [3.8, 4) is 0 Å². The van der Waals surface area contributed by atoms with Crippen LogP contribution in [-0.4, -0.2) is 22.4 Å². The number of carbonyl (C=O) groups excluding carboxylic acids is 1. The molecule has 0 aliphatic rings. The first kappa shape index (κ1) is 12.9. The fourth-order valence-corrected chi connectivity index (χ4v) is 1.10. The highest BCUT2D eigenvalue weighted by molar-refractivity contribution is 5.89. The Bertz CT molecular complexity index is 312.